The molecule has 3 nitrogen and oxygen atoms in total. The number of carbonyl (C=O) groups excluding carboxylic acids is 1. The van der Waals surface area contributed by atoms with Crippen LogP contribution >= 0.6 is 0 Å². The van der Waals surface area contributed by atoms with Gasteiger partial charge in [0.2, 0.25) is 0 Å². The van der Waals surface area contributed by atoms with Crippen molar-refractivity contribution in [1.29, 1.82) is 0 Å². The summed E-state index contributed by atoms with van der Waals surface area (Å²) in [6.45, 7) is 8.82. The van der Waals surface area contributed by atoms with Crippen LogP contribution in [0.1, 0.15) is 54.9 Å². The number of carbonyl (C=O) groups is 1. The first-order chi connectivity index (χ1) is 9.37. The molecule has 3 rings (SSSR count). The highest BCUT2D eigenvalue weighted by Gasteiger charge is 2.34. The Labute approximate surface area is 122 Å². The molecule has 0 aromatic carbocycles. The number of aryl methyl sites for hydroxylation is 1. The lowest BCUT2D eigenvalue weighted by molar-refractivity contribution is 0.0909. The van der Waals surface area contributed by atoms with Gasteiger partial charge in [0.1, 0.15) is 0 Å². The van der Waals surface area contributed by atoms with E-state index in [4.69, 9.17) is 0 Å². The monoisotopic (exact) mass is 274 g/mol. The highest BCUT2D eigenvalue weighted by Crippen LogP contribution is 2.36. The van der Waals surface area contributed by atoms with Crippen molar-refractivity contribution in [2.45, 2.75) is 59.0 Å². The van der Waals surface area contributed by atoms with Crippen LogP contribution in [0.3, 0.4) is 0 Å². The minimum Gasteiger partial charge on any atom is -0.347 e. The van der Waals surface area contributed by atoms with Crippen molar-refractivity contribution in [3.8, 4) is 0 Å². The maximum atomic E-state index is 12.3. The van der Waals surface area contributed by atoms with Gasteiger partial charge in [0.15, 0.2) is 5.78 Å². The molecule has 1 aliphatic heterocycles. The lowest BCUT2D eigenvalue weighted by Gasteiger charge is -2.31. The SMILES string of the molecule is Cc1cc2c(n1CC1CCCN1C)CC(C)(C)CC2=O. The van der Waals surface area contributed by atoms with Crippen LogP contribution in [0.25, 0.3) is 0 Å². The van der Waals surface area contributed by atoms with Crippen molar-refractivity contribution in [2.24, 2.45) is 5.41 Å². The molecule has 2 heterocycles. The van der Waals surface area contributed by atoms with Gasteiger partial charge in [-0.15, -0.1) is 0 Å². The Morgan fingerprint density at radius 2 is 2.10 bits per heavy atom. The van der Waals surface area contributed by atoms with Gasteiger partial charge in [-0.05, 0) is 51.3 Å². The van der Waals surface area contributed by atoms with Gasteiger partial charge in [0.25, 0.3) is 0 Å². The molecule has 1 aromatic heterocycles. The van der Waals surface area contributed by atoms with Gasteiger partial charge in [0, 0.05) is 36.0 Å². The Morgan fingerprint density at radius 1 is 1.35 bits per heavy atom. The van der Waals surface area contributed by atoms with Gasteiger partial charge in [-0.1, -0.05) is 13.8 Å². The Morgan fingerprint density at radius 3 is 2.75 bits per heavy atom. The number of hydrogen-bond acceptors (Lipinski definition) is 2. The van der Waals surface area contributed by atoms with Crippen LogP contribution in [0.4, 0.5) is 0 Å². The summed E-state index contributed by atoms with van der Waals surface area (Å²) in [5.41, 5.74) is 3.63. The first-order valence-corrected chi connectivity index (χ1v) is 7.80. The van der Waals surface area contributed by atoms with Crippen LogP contribution in [0.15, 0.2) is 6.07 Å². The standard InChI is InChI=1S/C17H26N2O/c1-12-8-14-15(9-17(2,3)10-16(14)20)19(12)11-13-6-5-7-18(13)4/h8,13H,5-7,9-11H2,1-4H3. The number of Topliss-reactive ketones (excluding diaryl/α,β-unsaturated/α-hetero) is 1. The fraction of sp³-hybridized carbons (Fsp3) is 0.706. The molecule has 2 aliphatic rings. The fourth-order valence-electron chi connectivity index (χ4n) is 3.88. The first kappa shape index (κ1) is 13.9. The predicted octanol–water partition coefficient (Wildman–Crippen LogP) is 3.05. The van der Waals surface area contributed by atoms with E-state index in [1.165, 1.54) is 30.8 Å². The molecule has 0 saturated carbocycles. The van der Waals surface area contributed by atoms with Crippen molar-refractivity contribution >= 4 is 5.78 Å². The van der Waals surface area contributed by atoms with E-state index in [1.54, 1.807) is 0 Å². The average molecular weight is 274 g/mol. The number of aromatic nitrogens is 1. The summed E-state index contributed by atoms with van der Waals surface area (Å²) in [6.07, 6.45) is 4.29. The molecule has 1 aromatic rings. The largest absolute Gasteiger partial charge is 0.347 e. The lowest BCUT2D eigenvalue weighted by atomic mass is 9.76. The van der Waals surface area contributed by atoms with Gasteiger partial charge in [-0.2, -0.15) is 0 Å². The van der Waals surface area contributed by atoms with Gasteiger partial charge in [0.05, 0.1) is 0 Å². The minimum atomic E-state index is 0.105. The Hall–Kier alpha value is -1.09. The number of ketones is 1. The van der Waals surface area contributed by atoms with Crippen molar-refractivity contribution in [3.63, 3.8) is 0 Å². The van der Waals surface area contributed by atoms with Crippen LogP contribution < -0.4 is 0 Å². The second-order valence-corrected chi connectivity index (χ2v) is 7.47. The van der Waals surface area contributed by atoms with E-state index >= 15 is 0 Å². The number of likely N-dealkylation sites (tertiary alicyclic amines) is 1. The van der Waals surface area contributed by atoms with Crippen LogP contribution in [-0.4, -0.2) is 34.9 Å². The maximum Gasteiger partial charge on any atom is 0.165 e. The highest BCUT2D eigenvalue weighted by atomic mass is 16.1. The lowest BCUT2D eigenvalue weighted by Crippen LogP contribution is -2.32. The molecule has 1 aliphatic carbocycles. The van der Waals surface area contributed by atoms with E-state index in [9.17, 15) is 4.79 Å². The molecular weight excluding hydrogens is 248 g/mol. The topological polar surface area (TPSA) is 25.2 Å². The summed E-state index contributed by atoms with van der Waals surface area (Å²) in [7, 11) is 2.22. The molecule has 0 spiro atoms. The molecule has 1 atom stereocenters. The van der Waals surface area contributed by atoms with Crippen LogP contribution in [0.2, 0.25) is 0 Å². The molecule has 0 bridgehead atoms. The number of rotatable bonds is 2. The molecule has 1 unspecified atom stereocenters. The average Bonchev–Trinajstić information content (AvgIpc) is 2.86. The summed E-state index contributed by atoms with van der Waals surface area (Å²) >= 11 is 0. The van der Waals surface area contributed by atoms with Crippen LogP contribution in [-0.2, 0) is 13.0 Å². The van der Waals surface area contributed by atoms with E-state index in [2.05, 4.69) is 43.4 Å². The smallest absolute Gasteiger partial charge is 0.165 e. The third-order valence-corrected chi connectivity index (χ3v) is 5.07. The molecule has 110 valence electrons. The Balaban J connectivity index is 1.94. The summed E-state index contributed by atoms with van der Waals surface area (Å²) < 4.78 is 2.42. The van der Waals surface area contributed by atoms with Crippen molar-refractivity contribution in [2.75, 3.05) is 13.6 Å². The van der Waals surface area contributed by atoms with Gasteiger partial charge in [-0.3, -0.25) is 4.79 Å². The summed E-state index contributed by atoms with van der Waals surface area (Å²) in [4.78, 5) is 14.8. The molecule has 3 heteroatoms. The molecule has 20 heavy (non-hydrogen) atoms. The van der Waals surface area contributed by atoms with Gasteiger partial charge >= 0.3 is 0 Å². The van der Waals surface area contributed by atoms with Crippen molar-refractivity contribution in [3.05, 3.63) is 23.0 Å². The zero-order valence-corrected chi connectivity index (χ0v) is 13.2. The summed E-state index contributed by atoms with van der Waals surface area (Å²) in [5.74, 6) is 0.331. The third kappa shape index (κ3) is 2.32. The first-order valence-electron chi connectivity index (χ1n) is 7.80. The van der Waals surface area contributed by atoms with Crippen molar-refractivity contribution in [1.82, 2.24) is 9.47 Å². The van der Waals surface area contributed by atoms with E-state index in [-0.39, 0.29) is 5.41 Å². The zero-order chi connectivity index (χ0) is 14.5. The highest BCUT2D eigenvalue weighted by molar-refractivity contribution is 5.99. The zero-order valence-electron chi connectivity index (χ0n) is 13.2. The maximum absolute atomic E-state index is 12.3. The number of fused-ring (bicyclic) bond motifs is 1. The van der Waals surface area contributed by atoms with E-state index in [0.29, 0.717) is 18.2 Å². The van der Waals surface area contributed by atoms with Crippen LogP contribution in [0.5, 0.6) is 0 Å². The second-order valence-electron chi connectivity index (χ2n) is 7.47. The second kappa shape index (κ2) is 4.73. The Kier molecular flexibility index (Phi) is 3.28. The van der Waals surface area contributed by atoms with E-state index in [1.807, 2.05) is 0 Å². The Bertz CT molecular complexity index is 541. The van der Waals surface area contributed by atoms with Gasteiger partial charge in [-0.25, -0.2) is 0 Å². The number of nitrogens with zero attached hydrogens (tertiary/aromatic N) is 2. The number of likely N-dealkylation sites (N-methyl/N-ethyl adjacent to an activating group) is 1. The van der Waals surface area contributed by atoms with E-state index < -0.39 is 0 Å². The molecule has 1 saturated heterocycles. The molecule has 0 radical (unpaired) electrons. The number of hydrogen-bond donors (Lipinski definition) is 0. The normalized spacial score (nSPS) is 26.0. The molecule has 0 N–H and O–H groups in total. The van der Waals surface area contributed by atoms with Gasteiger partial charge < -0.3 is 9.47 Å². The molecule has 1 fully saturated rings. The van der Waals surface area contributed by atoms with E-state index in [0.717, 1.165) is 18.5 Å². The summed E-state index contributed by atoms with van der Waals surface area (Å²) in [5, 5.41) is 0. The van der Waals surface area contributed by atoms with Crippen LogP contribution in [0, 0.1) is 12.3 Å². The quantitative estimate of drug-likeness (QED) is 0.828. The summed E-state index contributed by atoms with van der Waals surface area (Å²) in [6, 6.07) is 2.74. The third-order valence-electron chi connectivity index (χ3n) is 5.07. The minimum absolute atomic E-state index is 0.105. The predicted molar refractivity (Wildman–Crippen MR) is 81.3 cm³/mol. The fourth-order valence-corrected chi connectivity index (χ4v) is 3.88. The molecular formula is C17H26N2O. The van der Waals surface area contributed by atoms with Crippen molar-refractivity contribution < 1.29 is 4.79 Å². The molecule has 0 amide bonds.